The molecule has 6 heteroatoms. The van der Waals surface area contributed by atoms with Gasteiger partial charge < -0.3 is 19.3 Å². The molecule has 0 saturated carbocycles. The van der Waals surface area contributed by atoms with Gasteiger partial charge in [0.05, 0.1) is 13.2 Å². The Kier molecular flexibility index (Phi) is 5.25. The summed E-state index contributed by atoms with van der Waals surface area (Å²) in [7, 11) is 1.64. The summed E-state index contributed by atoms with van der Waals surface area (Å²) in [5, 5.41) is 7.56. The summed E-state index contributed by atoms with van der Waals surface area (Å²) >= 11 is 0. The van der Waals surface area contributed by atoms with Gasteiger partial charge in [0.15, 0.2) is 0 Å². The molecule has 1 aromatic carbocycles. The summed E-state index contributed by atoms with van der Waals surface area (Å²) in [5.74, 6) is 2.63. The van der Waals surface area contributed by atoms with Gasteiger partial charge in [-0.2, -0.15) is 4.98 Å². The molecule has 3 rings (SSSR count). The highest BCUT2D eigenvalue weighted by atomic mass is 16.5. The molecule has 23 heavy (non-hydrogen) atoms. The molecular formula is C17H23N3O3. The van der Waals surface area contributed by atoms with Crippen molar-refractivity contribution in [3.05, 3.63) is 30.2 Å². The van der Waals surface area contributed by atoms with Crippen LogP contribution in [0.2, 0.25) is 0 Å². The molecule has 1 N–H and O–H groups in total. The van der Waals surface area contributed by atoms with Gasteiger partial charge >= 0.3 is 0 Å². The fourth-order valence-electron chi connectivity index (χ4n) is 2.67. The fraction of sp³-hybridized carbons (Fsp3) is 0.529. The molecular weight excluding hydrogens is 294 g/mol. The number of nitrogens with zero attached hydrogens (tertiary/aromatic N) is 2. The van der Waals surface area contributed by atoms with Crippen LogP contribution in [0, 0.1) is 5.92 Å². The molecule has 1 saturated heterocycles. The van der Waals surface area contributed by atoms with Gasteiger partial charge in [-0.1, -0.05) is 17.3 Å². The fourth-order valence-corrected chi connectivity index (χ4v) is 2.67. The topological polar surface area (TPSA) is 69.4 Å². The first-order valence-corrected chi connectivity index (χ1v) is 8.05. The van der Waals surface area contributed by atoms with Crippen molar-refractivity contribution in [3.8, 4) is 17.1 Å². The first-order valence-electron chi connectivity index (χ1n) is 8.05. The number of benzene rings is 1. The van der Waals surface area contributed by atoms with Crippen molar-refractivity contribution in [1.82, 2.24) is 15.5 Å². The van der Waals surface area contributed by atoms with E-state index in [1.165, 1.54) is 0 Å². The van der Waals surface area contributed by atoms with Crippen LogP contribution in [0.3, 0.4) is 0 Å². The zero-order valence-electron chi connectivity index (χ0n) is 13.6. The third kappa shape index (κ3) is 4.09. The normalized spacial score (nSPS) is 17.1. The van der Waals surface area contributed by atoms with Crippen molar-refractivity contribution in [2.75, 3.05) is 26.9 Å². The molecule has 1 aromatic heterocycles. The van der Waals surface area contributed by atoms with E-state index in [-0.39, 0.29) is 6.04 Å². The predicted octanol–water partition coefficient (Wildman–Crippen LogP) is 2.82. The monoisotopic (exact) mass is 317 g/mol. The summed E-state index contributed by atoms with van der Waals surface area (Å²) in [6.07, 6.45) is 2.22. The molecule has 0 bridgehead atoms. The first-order chi connectivity index (χ1) is 11.3. The van der Waals surface area contributed by atoms with Crippen LogP contribution < -0.4 is 10.1 Å². The summed E-state index contributed by atoms with van der Waals surface area (Å²) in [4.78, 5) is 4.50. The number of hydrogen-bond donors (Lipinski definition) is 1. The lowest BCUT2D eigenvalue weighted by Crippen LogP contribution is -2.29. The van der Waals surface area contributed by atoms with Gasteiger partial charge in [-0.3, -0.25) is 0 Å². The number of hydrogen-bond acceptors (Lipinski definition) is 6. The molecule has 1 unspecified atom stereocenters. The first kappa shape index (κ1) is 16.0. The van der Waals surface area contributed by atoms with E-state index in [4.69, 9.17) is 14.0 Å². The van der Waals surface area contributed by atoms with Gasteiger partial charge in [0.2, 0.25) is 11.7 Å². The van der Waals surface area contributed by atoms with Crippen molar-refractivity contribution in [3.63, 3.8) is 0 Å². The molecule has 0 radical (unpaired) electrons. The van der Waals surface area contributed by atoms with Crippen molar-refractivity contribution < 1.29 is 14.0 Å². The Bertz CT molecular complexity index is 623. The van der Waals surface area contributed by atoms with Crippen LogP contribution in [-0.2, 0) is 4.74 Å². The van der Waals surface area contributed by atoms with E-state index in [0.717, 1.165) is 43.9 Å². The van der Waals surface area contributed by atoms with Gasteiger partial charge in [0.25, 0.3) is 0 Å². The van der Waals surface area contributed by atoms with E-state index in [1.54, 1.807) is 7.11 Å². The molecule has 124 valence electrons. The Labute approximate surface area is 136 Å². The summed E-state index contributed by atoms with van der Waals surface area (Å²) in [6, 6.07) is 7.68. The second-order valence-corrected chi connectivity index (χ2v) is 5.87. The standard InChI is InChI=1S/C17H23N3O3/c1-12(18-11-13-6-8-22-9-7-13)17-19-16(20-23-17)14-4-3-5-15(10-14)21-2/h3-5,10,12-13,18H,6-9,11H2,1-2H3. The molecule has 0 spiro atoms. The van der Waals surface area contributed by atoms with Crippen molar-refractivity contribution in [2.24, 2.45) is 5.92 Å². The number of ether oxygens (including phenoxy) is 2. The molecule has 6 nitrogen and oxygen atoms in total. The second kappa shape index (κ2) is 7.57. The summed E-state index contributed by atoms with van der Waals surface area (Å²) in [5.41, 5.74) is 0.885. The van der Waals surface area contributed by atoms with E-state index in [9.17, 15) is 0 Å². The van der Waals surface area contributed by atoms with Crippen molar-refractivity contribution in [2.45, 2.75) is 25.8 Å². The lowest BCUT2D eigenvalue weighted by Gasteiger charge is -2.23. The van der Waals surface area contributed by atoms with Crippen LogP contribution in [0.1, 0.15) is 31.7 Å². The lowest BCUT2D eigenvalue weighted by molar-refractivity contribution is 0.0653. The van der Waals surface area contributed by atoms with Gasteiger partial charge in [-0.05, 0) is 44.4 Å². The minimum Gasteiger partial charge on any atom is -0.497 e. The van der Waals surface area contributed by atoms with E-state index in [1.807, 2.05) is 31.2 Å². The zero-order chi connectivity index (χ0) is 16.1. The molecule has 1 fully saturated rings. The maximum Gasteiger partial charge on any atom is 0.243 e. The molecule has 0 amide bonds. The highest BCUT2D eigenvalue weighted by molar-refractivity contribution is 5.56. The predicted molar refractivity (Wildman–Crippen MR) is 86.2 cm³/mol. The van der Waals surface area contributed by atoms with Crippen LogP contribution in [0.15, 0.2) is 28.8 Å². The highest BCUT2D eigenvalue weighted by Gasteiger charge is 2.18. The van der Waals surface area contributed by atoms with Crippen LogP contribution in [0.4, 0.5) is 0 Å². The quantitative estimate of drug-likeness (QED) is 0.883. The number of rotatable bonds is 6. The Morgan fingerprint density at radius 2 is 2.17 bits per heavy atom. The number of nitrogens with one attached hydrogen (secondary N) is 1. The maximum absolute atomic E-state index is 5.41. The molecule has 2 heterocycles. The Balaban J connectivity index is 1.61. The van der Waals surface area contributed by atoms with E-state index >= 15 is 0 Å². The summed E-state index contributed by atoms with van der Waals surface area (Å²) < 4.78 is 16.0. The zero-order valence-corrected chi connectivity index (χ0v) is 13.6. The highest BCUT2D eigenvalue weighted by Crippen LogP contribution is 2.23. The van der Waals surface area contributed by atoms with E-state index < -0.39 is 0 Å². The maximum atomic E-state index is 5.41. The van der Waals surface area contributed by atoms with Gasteiger partial charge in [-0.15, -0.1) is 0 Å². The number of methoxy groups -OCH3 is 1. The largest absolute Gasteiger partial charge is 0.497 e. The minimum atomic E-state index is 0.0321. The van der Waals surface area contributed by atoms with Gasteiger partial charge in [0, 0.05) is 18.8 Å². The van der Waals surface area contributed by atoms with Gasteiger partial charge in [0.1, 0.15) is 5.75 Å². The Morgan fingerprint density at radius 3 is 2.96 bits per heavy atom. The SMILES string of the molecule is COc1cccc(-c2noc(C(C)NCC3CCOCC3)n2)c1. The second-order valence-electron chi connectivity index (χ2n) is 5.87. The van der Waals surface area contributed by atoms with Gasteiger partial charge in [-0.25, -0.2) is 0 Å². The van der Waals surface area contributed by atoms with Crippen LogP contribution in [-0.4, -0.2) is 37.0 Å². The summed E-state index contributed by atoms with van der Waals surface area (Å²) in [6.45, 7) is 4.71. The van der Waals surface area contributed by atoms with E-state index in [0.29, 0.717) is 17.6 Å². The molecule has 1 aliphatic rings. The Hall–Kier alpha value is -1.92. The number of aromatic nitrogens is 2. The minimum absolute atomic E-state index is 0.0321. The van der Waals surface area contributed by atoms with Crippen LogP contribution in [0.25, 0.3) is 11.4 Å². The van der Waals surface area contributed by atoms with E-state index in [2.05, 4.69) is 15.5 Å². The average molecular weight is 317 g/mol. The molecule has 2 aromatic rings. The molecule has 1 atom stereocenters. The van der Waals surface area contributed by atoms with Crippen LogP contribution >= 0.6 is 0 Å². The Morgan fingerprint density at radius 1 is 1.35 bits per heavy atom. The average Bonchev–Trinajstić information content (AvgIpc) is 3.11. The third-order valence-corrected chi connectivity index (χ3v) is 4.19. The molecule has 0 aliphatic carbocycles. The third-order valence-electron chi connectivity index (χ3n) is 4.19. The smallest absolute Gasteiger partial charge is 0.243 e. The lowest BCUT2D eigenvalue weighted by atomic mass is 10.0. The van der Waals surface area contributed by atoms with Crippen LogP contribution in [0.5, 0.6) is 5.75 Å². The van der Waals surface area contributed by atoms with Crippen molar-refractivity contribution >= 4 is 0 Å². The molecule has 1 aliphatic heterocycles. The van der Waals surface area contributed by atoms with Crippen molar-refractivity contribution in [1.29, 1.82) is 0 Å².